The number of hydrogen-bond acceptors (Lipinski definition) is 13. The number of nitrogens with two attached hydrogens (primary N) is 1. The maximum atomic E-state index is 14.9. The van der Waals surface area contributed by atoms with E-state index in [1.54, 1.807) is 30.3 Å². The first-order chi connectivity index (χ1) is 20.3. The third kappa shape index (κ3) is 7.67. The Kier molecular flexibility index (Phi) is 9.69. The summed E-state index contributed by atoms with van der Waals surface area (Å²) in [4.78, 5) is 38.1. The Morgan fingerprint density at radius 2 is 1.98 bits per heavy atom. The number of alkyl halides is 2. The van der Waals surface area contributed by atoms with Gasteiger partial charge >= 0.3 is 31.2 Å². The minimum Gasteiger partial charge on any atom is -0.460 e. The van der Waals surface area contributed by atoms with Gasteiger partial charge in [-0.3, -0.25) is 28.5 Å². The topological polar surface area (TPSA) is 221 Å². The summed E-state index contributed by atoms with van der Waals surface area (Å²) in [6, 6.07) is 10.5. The smallest absolute Gasteiger partial charge is 0.433 e. The predicted octanol–water partition coefficient (Wildman–Crippen LogP) is 2.28. The Bertz CT molecular complexity index is 1550. The average molecular weight is 629 g/mol. The third-order valence-corrected chi connectivity index (χ3v) is 7.69. The molecule has 1 aromatic carbocycles. The Hall–Kier alpha value is -4.06. The molecule has 3 aromatic rings. The summed E-state index contributed by atoms with van der Waals surface area (Å²) in [6.45, 7) is -0.524. The van der Waals surface area contributed by atoms with E-state index in [1.165, 1.54) is 6.92 Å². The zero-order valence-corrected chi connectivity index (χ0v) is 23.2. The van der Waals surface area contributed by atoms with E-state index in [4.69, 9.17) is 28.7 Å². The van der Waals surface area contributed by atoms with Crippen LogP contribution in [-0.2, 0) is 41.1 Å². The summed E-state index contributed by atoms with van der Waals surface area (Å²) < 4.78 is 69.8. The zero-order valence-electron chi connectivity index (χ0n) is 22.3. The van der Waals surface area contributed by atoms with Gasteiger partial charge in [-0.05, 0) is 24.6 Å². The second-order valence-corrected chi connectivity index (χ2v) is 11.0. The molecule has 0 saturated carbocycles. The van der Waals surface area contributed by atoms with Gasteiger partial charge in [-0.1, -0.05) is 30.3 Å². The summed E-state index contributed by atoms with van der Waals surface area (Å²) in [5, 5.41) is 23.5. The summed E-state index contributed by atoms with van der Waals surface area (Å²) in [5.74, 6) is -5.94. The fraction of sp³-hybridized carbons (Fsp3) is 0.375. The van der Waals surface area contributed by atoms with Gasteiger partial charge in [0.2, 0.25) is 6.23 Å². The van der Waals surface area contributed by atoms with E-state index < -0.39 is 73.8 Å². The van der Waals surface area contributed by atoms with Crippen molar-refractivity contribution in [3.63, 3.8) is 0 Å². The number of carbonyl (C=O) groups is 1. The standard InChI is InChI=1S/C24H26F2N5O11P/c1-14(21(33)38-11-15-5-3-2-4-6-15)29-43(37,39-12-16-7-8-19(41-16)31(35)36)40-13-17-20(32)24(25,26)22(42-17)30-10-9-18(27)28-23(30)34/h2-10,14,17,20,22,32H,11-13H2,1H3,(H,29,37)(H2,27,28,34)/t14-,17?,20?,22+,43?/m0/s1. The lowest BCUT2D eigenvalue weighted by Gasteiger charge is -2.24. The number of carbonyl (C=O) groups excluding carboxylic acids is 1. The third-order valence-electron chi connectivity index (χ3n) is 6.03. The molecule has 3 heterocycles. The van der Waals surface area contributed by atoms with E-state index in [1.807, 2.05) is 0 Å². The number of nitrogen functional groups attached to an aromatic ring is 1. The maximum Gasteiger partial charge on any atom is 0.433 e. The molecule has 1 saturated heterocycles. The number of rotatable bonds is 13. The van der Waals surface area contributed by atoms with Crippen LogP contribution in [-0.4, -0.2) is 56.3 Å². The molecule has 16 nitrogen and oxygen atoms in total. The minimum atomic E-state index is -4.65. The molecule has 0 amide bonds. The molecule has 19 heteroatoms. The number of hydrogen-bond donors (Lipinski definition) is 3. The van der Waals surface area contributed by atoms with Crippen LogP contribution < -0.4 is 16.5 Å². The van der Waals surface area contributed by atoms with Gasteiger partial charge in [0.05, 0.1) is 12.7 Å². The number of halogens is 2. The van der Waals surface area contributed by atoms with Crippen LogP contribution in [0.5, 0.6) is 0 Å². The first kappa shape index (κ1) is 31.9. The van der Waals surface area contributed by atoms with Gasteiger partial charge in [0.25, 0.3) is 0 Å². The van der Waals surface area contributed by atoms with Crippen molar-refractivity contribution >= 4 is 25.4 Å². The van der Waals surface area contributed by atoms with Crippen molar-refractivity contribution in [1.29, 1.82) is 0 Å². The second-order valence-electron chi connectivity index (χ2n) is 9.20. The van der Waals surface area contributed by atoms with Crippen molar-refractivity contribution in [3.05, 3.63) is 86.7 Å². The van der Waals surface area contributed by atoms with Crippen LogP contribution in [0.3, 0.4) is 0 Å². The summed E-state index contributed by atoms with van der Waals surface area (Å²) in [6.07, 6.45) is -5.81. The van der Waals surface area contributed by atoms with Gasteiger partial charge in [0, 0.05) is 6.20 Å². The predicted molar refractivity (Wildman–Crippen MR) is 140 cm³/mol. The SMILES string of the molecule is C[C@H](NP(=O)(OCc1ccc([N+](=O)[O-])o1)OCC1O[C@@H](n2ccc(N)nc2=O)C(F)(F)C1O)C(=O)OCc1ccccc1. The molecule has 3 unspecified atom stereocenters. The first-order valence-electron chi connectivity index (χ1n) is 12.5. The van der Waals surface area contributed by atoms with Gasteiger partial charge in [-0.15, -0.1) is 0 Å². The van der Waals surface area contributed by atoms with Crippen LogP contribution >= 0.6 is 7.75 Å². The Balaban J connectivity index is 1.47. The molecule has 0 spiro atoms. The molecule has 232 valence electrons. The highest BCUT2D eigenvalue weighted by Gasteiger charge is 2.60. The fourth-order valence-electron chi connectivity index (χ4n) is 3.83. The van der Waals surface area contributed by atoms with Crippen molar-refractivity contribution in [2.24, 2.45) is 0 Å². The lowest BCUT2D eigenvalue weighted by molar-refractivity contribution is -0.402. The number of benzene rings is 1. The highest BCUT2D eigenvalue weighted by atomic mass is 31.2. The van der Waals surface area contributed by atoms with E-state index in [9.17, 15) is 38.2 Å². The van der Waals surface area contributed by atoms with Crippen molar-refractivity contribution in [2.45, 2.75) is 50.5 Å². The number of furan rings is 1. The Labute approximate surface area is 241 Å². The number of aromatic nitrogens is 2. The number of aliphatic hydroxyl groups is 1. The Morgan fingerprint density at radius 1 is 1.26 bits per heavy atom. The first-order valence-corrected chi connectivity index (χ1v) is 14.0. The molecular formula is C24H26F2N5O11P. The van der Waals surface area contributed by atoms with Gasteiger partial charge in [-0.25, -0.2) is 14.4 Å². The van der Waals surface area contributed by atoms with E-state index in [0.717, 1.165) is 24.4 Å². The number of esters is 1. The molecule has 0 aliphatic carbocycles. The van der Waals surface area contributed by atoms with Crippen molar-refractivity contribution in [3.8, 4) is 0 Å². The van der Waals surface area contributed by atoms with Crippen LogP contribution in [0.2, 0.25) is 0 Å². The maximum absolute atomic E-state index is 14.9. The highest BCUT2D eigenvalue weighted by molar-refractivity contribution is 7.51. The van der Waals surface area contributed by atoms with Crippen molar-refractivity contribution in [2.75, 3.05) is 12.3 Å². The monoisotopic (exact) mass is 629 g/mol. The number of nitrogens with one attached hydrogen (secondary N) is 1. The molecule has 1 fully saturated rings. The molecule has 1 aliphatic rings. The Morgan fingerprint density at radius 3 is 2.63 bits per heavy atom. The molecule has 0 radical (unpaired) electrons. The highest BCUT2D eigenvalue weighted by Crippen LogP contribution is 2.48. The number of nitro groups is 1. The minimum absolute atomic E-state index is 0.119. The molecule has 1 aliphatic heterocycles. The number of aliphatic hydroxyl groups excluding tert-OH is 1. The van der Waals surface area contributed by atoms with Gasteiger partial charge in [0.1, 0.15) is 41.9 Å². The average Bonchev–Trinajstić information content (AvgIpc) is 3.53. The molecule has 43 heavy (non-hydrogen) atoms. The summed E-state index contributed by atoms with van der Waals surface area (Å²) >= 11 is 0. The van der Waals surface area contributed by atoms with Gasteiger partial charge < -0.3 is 24.7 Å². The van der Waals surface area contributed by atoms with E-state index in [-0.39, 0.29) is 18.2 Å². The second kappa shape index (κ2) is 13.1. The lowest BCUT2D eigenvalue weighted by atomic mass is 10.1. The van der Waals surface area contributed by atoms with Crippen LogP contribution in [0.25, 0.3) is 0 Å². The van der Waals surface area contributed by atoms with E-state index in [0.29, 0.717) is 10.1 Å². The molecule has 4 N–H and O–H groups in total. The van der Waals surface area contributed by atoms with E-state index in [2.05, 4.69) is 10.1 Å². The zero-order chi connectivity index (χ0) is 31.4. The molecule has 0 bridgehead atoms. The van der Waals surface area contributed by atoms with Crippen molar-refractivity contribution < 1.29 is 51.1 Å². The molecule has 4 rings (SSSR count). The van der Waals surface area contributed by atoms with Crippen molar-refractivity contribution in [1.82, 2.24) is 14.6 Å². The van der Waals surface area contributed by atoms with Crippen LogP contribution in [0.1, 0.15) is 24.5 Å². The number of anilines is 1. The number of ether oxygens (including phenoxy) is 2. The largest absolute Gasteiger partial charge is 0.460 e. The van der Waals surface area contributed by atoms with Gasteiger partial charge in [-0.2, -0.15) is 13.8 Å². The number of nitrogens with zero attached hydrogens (tertiary/aromatic N) is 3. The molecular weight excluding hydrogens is 603 g/mol. The fourth-order valence-corrected chi connectivity index (χ4v) is 5.27. The van der Waals surface area contributed by atoms with Gasteiger partial charge in [0.15, 0.2) is 6.10 Å². The summed E-state index contributed by atoms with van der Waals surface area (Å²) in [7, 11) is -4.65. The molecule has 5 atom stereocenters. The molecule has 2 aromatic heterocycles. The lowest BCUT2D eigenvalue weighted by Crippen LogP contribution is -2.42. The van der Waals surface area contributed by atoms with Crippen LogP contribution in [0.4, 0.5) is 20.5 Å². The summed E-state index contributed by atoms with van der Waals surface area (Å²) in [5.41, 5.74) is 4.88. The van der Waals surface area contributed by atoms with E-state index >= 15 is 0 Å². The van der Waals surface area contributed by atoms with Crippen LogP contribution in [0.15, 0.2) is 63.9 Å². The normalized spacial score (nSPS) is 21.6. The quantitative estimate of drug-likeness (QED) is 0.107. The van der Waals surface area contributed by atoms with Crippen LogP contribution in [0, 0.1) is 10.1 Å².